The van der Waals surface area contributed by atoms with Crippen molar-refractivity contribution in [3.63, 3.8) is 0 Å². The van der Waals surface area contributed by atoms with Crippen molar-refractivity contribution in [3.05, 3.63) is 23.4 Å². The van der Waals surface area contributed by atoms with Crippen LogP contribution in [0.5, 0.6) is 0 Å². The molecule has 1 N–H and O–H groups in total. The zero-order valence-electron chi connectivity index (χ0n) is 9.78. The summed E-state index contributed by atoms with van der Waals surface area (Å²) in [6, 6.07) is 2.30. The van der Waals surface area contributed by atoms with Gasteiger partial charge in [-0.3, -0.25) is 0 Å². The Kier molecular flexibility index (Phi) is 3.88. The van der Waals surface area contributed by atoms with Crippen LogP contribution in [0, 0.1) is 0 Å². The second kappa shape index (κ2) is 5.28. The van der Waals surface area contributed by atoms with E-state index in [2.05, 4.69) is 4.98 Å². The molecular formula is C11H11F3N2O2S. The third-order valence-electron chi connectivity index (χ3n) is 2.71. The molecule has 0 aromatic carbocycles. The fourth-order valence-corrected chi connectivity index (χ4v) is 2.71. The largest absolute Gasteiger partial charge is 0.478 e. The summed E-state index contributed by atoms with van der Waals surface area (Å²) in [5, 5.41) is 8.77. The summed E-state index contributed by atoms with van der Waals surface area (Å²) in [5.41, 5.74) is -2.15. The van der Waals surface area contributed by atoms with Gasteiger partial charge in [-0.2, -0.15) is 24.9 Å². The minimum absolute atomic E-state index is 0.178. The van der Waals surface area contributed by atoms with Gasteiger partial charge in [-0.25, -0.2) is 9.78 Å². The van der Waals surface area contributed by atoms with Crippen LogP contribution < -0.4 is 4.90 Å². The van der Waals surface area contributed by atoms with Crippen molar-refractivity contribution in [2.75, 3.05) is 29.5 Å². The summed E-state index contributed by atoms with van der Waals surface area (Å²) in [6.45, 7) is 1.22. The number of pyridine rings is 1. The third-order valence-corrected chi connectivity index (χ3v) is 3.66. The zero-order chi connectivity index (χ0) is 14.0. The summed E-state index contributed by atoms with van der Waals surface area (Å²) in [6.07, 6.45) is -4.77. The predicted molar refractivity (Wildman–Crippen MR) is 65.7 cm³/mol. The summed E-state index contributed by atoms with van der Waals surface area (Å²) < 4.78 is 38.4. The maximum atomic E-state index is 12.8. The predicted octanol–water partition coefficient (Wildman–Crippen LogP) is 2.35. The standard InChI is InChI=1S/C11H11F3N2O2S/c12-11(13,14)9-7(10(17)18)1-2-8(15-9)16-3-5-19-6-4-16/h1-2H,3-6H2,(H,17,18). The number of thioether (sulfide) groups is 1. The average Bonchev–Trinajstić information content (AvgIpc) is 2.38. The highest BCUT2D eigenvalue weighted by Gasteiger charge is 2.38. The van der Waals surface area contributed by atoms with Gasteiger partial charge < -0.3 is 10.0 Å². The number of halogens is 3. The lowest BCUT2D eigenvalue weighted by molar-refractivity contribution is -0.141. The number of carbonyl (C=O) groups is 1. The van der Waals surface area contributed by atoms with Gasteiger partial charge in [-0.05, 0) is 12.1 Å². The first-order valence-electron chi connectivity index (χ1n) is 5.54. The molecule has 2 heterocycles. The molecule has 4 nitrogen and oxygen atoms in total. The minimum atomic E-state index is -4.77. The number of hydrogen-bond acceptors (Lipinski definition) is 4. The van der Waals surface area contributed by atoms with Crippen molar-refractivity contribution in [2.45, 2.75) is 6.18 Å². The van der Waals surface area contributed by atoms with Gasteiger partial charge in [0.25, 0.3) is 0 Å². The number of hydrogen-bond donors (Lipinski definition) is 1. The molecule has 0 aliphatic carbocycles. The van der Waals surface area contributed by atoms with Crippen molar-refractivity contribution in [1.29, 1.82) is 0 Å². The van der Waals surface area contributed by atoms with E-state index in [0.29, 0.717) is 13.1 Å². The van der Waals surface area contributed by atoms with E-state index in [0.717, 1.165) is 17.6 Å². The third kappa shape index (κ3) is 3.12. The highest BCUT2D eigenvalue weighted by molar-refractivity contribution is 7.99. The molecule has 2 rings (SSSR count). The number of nitrogens with zero attached hydrogens (tertiary/aromatic N) is 2. The Bertz CT molecular complexity index is 487. The van der Waals surface area contributed by atoms with Crippen LogP contribution in [-0.2, 0) is 6.18 Å². The number of aromatic carboxylic acids is 1. The molecule has 0 atom stereocenters. The molecule has 1 saturated heterocycles. The highest BCUT2D eigenvalue weighted by Crippen LogP contribution is 2.32. The number of carboxylic acid groups (broad SMARTS) is 1. The molecule has 0 radical (unpaired) electrons. The van der Waals surface area contributed by atoms with E-state index >= 15 is 0 Å². The van der Waals surface area contributed by atoms with Crippen LogP contribution >= 0.6 is 11.8 Å². The fraction of sp³-hybridized carbons (Fsp3) is 0.455. The second-order valence-electron chi connectivity index (χ2n) is 3.97. The Hall–Kier alpha value is -1.44. The van der Waals surface area contributed by atoms with Crippen LogP contribution in [0.25, 0.3) is 0 Å². The topological polar surface area (TPSA) is 53.4 Å². The maximum absolute atomic E-state index is 12.8. The lowest BCUT2D eigenvalue weighted by atomic mass is 10.2. The molecule has 19 heavy (non-hydrogen) atoms. The molecule has 0 bridgehead atoms. The molecule has 104 valence electrons. The Morgan fingerprint density at radius 2 is 1.95 bits per heavy atom. The van der Waals surface area contributed by atoms with Gasteiger partial charge in [-0.15, -0.1) is 0 Å². The smallest absolute Gasteiger partial charge is 0.434 e. The van der Waals surface area contributed by atoms with Gasteiger partial charge in [0.1, 0.15) is 5.82 Å². The van der Waals surface area contributed by atoms with E-state index < -0.39 is 23.4 Å². The van der Waals surface area contributed by atoms with E-state index in [-0.39, 0.29) is 5.82 Å². The average molecular weight is 292 g/mol. The summed E-state index contributed by atoms with van der Waals surface area (Å²) in [5.74, 6) is 0.200. The first kappa shape index (κ1) is 14.0. The Balaban J connectivity index is 2.40. The van der Waals surface area contributed by atoms with Crippen LogP contribution in [0.3, 0.4) is 0 Å². The Morgan fingerprint density at radius 3 is 2.47 bits per heavy atom. The fourth-order valence-electron chi connectivity index (χ4n) is 1.81. The lowest BCUT2D eigenvalue weighted by Gasteiger charge is -2.28. The summed E-state index contributed by atoms with van der Waals surface area (Å²) in [7, 11) is 0. The number of rotatable bonds is 2. The van der Waals surface area contributed by atoms with E-state index in [1.807, 2.05) is 0 Å². The number of aromatic nitrogens is 1. The van der Waals surface area contributed by atoms with Gasteiger partial charge in [0, 0.05) is 24.6 Å². The Morgan fingerprint density at radius 1 is 1.32 bits per heavy atom. The first-order valence-corrected chi connectivity index (χ1v) is 6.69. The SMILES string of the molecule is O=C(O)c1ccc(N2CCSCC2)nc1C(F)(F)F. The zero-order valence-corrected chi connectivity index (χ0v) is 10.6. The van der Waals surface area contributed by atoms with Crippen LogP contribution in [0.2, 0.25) is 0 Å². The minimum Gasteiger partial charge on any atom is -0.478 e. The highest BCUT2D eigenvalue weighted by atomic mass is 32.2. The van der Waals surface area contributed by atoms with E-state index in [9.17, 15) is 18.0 Å². The van der Waals surface area contributed by atoms with Gasteiger partial charge in [0.2, 0.25) is 0 Å². The maximum Gasteiger partial charge on any atom is 0.434 e. The van der Waals surface area contributed by atoms with Crippen LogP contribution in [0.4, 0.5) is 19.0 Å². The number of alkyl halides is 3. The summed E-state index contributed by atoms with van der Waals surface area (Å²) >= 11 is 1.73. The normalized spacial score (nSPS) is 16.5. The first-order chi connectivity index (χ1) is 8.89. The van der Waals surface area contributed by atoms with Crippen molar-refractivity contribution in [2.24, 2.45) is 0 Å². The van der Waals surface area contributed by atoms with Crippen LogP contribution in [0.1, 0.15) is 16.1 Å². The molecule has 0 saturated carbocycles. The molecule has 0 spiro atoms. The van der Waals surface area contributed by atoms with Gasteiger partial charge in [0.15, 0.2) is 5.69 Å². The van der Waals surface area contributed by atoms with Crippen molar-refractivity contribution < 1.29 is 23.1 Å². The lowest BCUT2D eigenvalue weighted by Crippen LogP contribution is -2.33. The van der Waals surface area contributed by atoms with E-state index in [1.165, 1.54) is 6.07 Å². The van der Waals surface area contributed by atoms with Gasteiger partial charge in [-0.1, -0.05) is 0 Å². The van der Waals surface area contributed by atoms with E-state index in [4.69, 9.17) is 5.11 Å². The van der Waals surface area contributed by atoms with Gasteiger partial charge in [0.05, 0.1) is 5.56 Å². The molecule has 8 heteroatoms. The molecule has 0 amide bonds. The number of anilines is 1. The monoisotopic (exact) mass is 292 g/mol. The molecule has 1 aliphatic rings. The molecule has 1 aliphatic heterocycles. The second-order valence-corrected chi connectivity index (χ2v) is 5.19. The van der Waals surface area contributed by atoms with Crippen molar-refractivity contribution in [3.8, 4) is 0 Å². The number of carboxylic acids is 1. The van der Waals surface area contributed by atoms with Crippen molar-refractivity contribution >= 4 is 23.5 Å². The Labute approximate surface area is 111 Å². The van der Waals surface area contributed by atoms with Gasteiger partial charge >= 0.3 is 12.1 Å². The van der Waals surface area contributed by atoms with Crippen LogP contribution in [0.15, 0.2) is 12.1 Å². The van der Waals surface area contributed by atoms with Crippen LogP contribution in [-0.4, -0.2) is 40.7 Å². The quantitative estimate of drug-likeness (QED) is 0.907. The molecular weight excluding hydrogens is 281 g/mol. The molecule has 0 unspecified atom stereocenters. The molecule has 1 aromatic heterocycles. The molecule has 1 aromatic rings. The van der Waals surface area contributed by atoms with Crippen molar-refractivity contribution in [1.82, 2.24) is 4.98 Å². The molecule has 1 fully saturated rings. The summed E-state index contributed by atoms with van der Waals surface area (Å²) in [4.78, 5) is 16.0. The van der Waals surface area contributed by atoms with E-state index in [1.54, 1.807) is 16.7 Å².